The zero-order valence-corrected chi connectivity index (χ0v) is 17.0. The normalized spacial score (nSPS) is 12.0. The van der Waals surface area contributed by atoms with E-state index in [1.54, 1.807) is 18.2 Å². The van der Waals surface area contributed by atoms with Crippen LogP contribution in [0.5, 0.6) is 5.75 Å². The van der Waals surface area contributed by atoms with Crippen LogP contribution in [0.2, 0.25) is 25.7 Å². The second kappa shape index (κ2) is 10.8. The lowest BCUT2D eigenvalue weighted by Crippen LogP contribution is -2.22. The summed E-state index contributed by atoms with van der Waals surface area (Å²) in [6, 6.07) is 8.17. The van der Waals surface area contributed by atoms with Gasteiger partial charge in [0.25, 0.3) is 0 Å². The molecule has 4 nitrogen and oxygen atoms in total. The third kappa shape index (κ3) is 10.1. The predicted octanol–water partition coefficient (Wildman–Crippen LogP) is 5.27. The van der Waals surface area contributed by atoms with Gasteiger partial charge in [0.1, 0.15) is 11.8 Å². The minimum Gasteiger partial charge on any atom is -0.466 e. The van der Waals surface area contributed by atoms with Gasteiger partial charge in [-0.15, -0.1) is 24.9 Å². The lowest BCUT2D eigenvalue weighted by molar-refractivity contribution is -0.324. The largest absolute Gasteiger partial charge is 0.522 e. The number of alkyl halides is 3. The first-order valence-corrected chi connectivity index (χ1v) is 12.9. The van der Waals surface area contributed by atoms with Crippen LogP contribution in [0, 0.1) is 11.3 Å². The molecular formula is C17H24F3NO3SSi. The van der Waals surface area contributed by atoms with E-state index in [0.29, 0.717) is 28.6 Å². The summed E-state index contributed by atoms with van der Waals surface area (Å²) in [4.78, 5) is 0.607. The Balaban J connectivity index is 2.52. The SMILES string of the molecule is C[Si](C)(C)CCOCOc1cccc(C#N)c1SCCCOC(F)(F)F. The standard InChI is InChI=1S/C17H24F3NO3SSi/c1-26(2,3)11-9-22-13-23-15-7-4-6-14(12-21)16(15)25-10-5-8-24-17(18,19)20/h4,6-7H,5,8-11,13H2,1-3H3. The first kappa shape index (κ1) is 22.8. The fourth-order valence-corrected chi connectivity index (χ4v) is 3.59. The molecule has 0 radical (unpaired) electrons. The molecule has 0 spiro atoms. The molecular weight excluding hydrogens is 383 g/mol. The Labute approximate surface area is 157 Å². The molecule has 0 saturated carbocycles. The van der Waals surface area contributed by atoms with Crippen LogP contribution in [0.4, 0.5) is 13.2 Å². The Morgan fingerprint density at radius 3 is 2.54 bits per heavy atom. The van der Waals surface area contributed by atoms with Gasteiger partial charge < -0.3 is 9.47 Å². The minimum absolute atomic E-state index is 0.0735. The maximum absolute atomic E-state index is 12.0. The van der Waals surface area contributed by atoms with Gasteiger partial charge in [0.2, 0.25) is 0 Å². The second-order valence-electron chi connectivity index (χ2n) is 6.72. The smallest absolute Gasteiger partial charge is 0.466 e. The summed E-state index contributed by atoms with van der Waals surface area (Å²) in [5.74, 6) is 0.875. The molecule has 0 bridgehead atoms. The van der Waals surface area contributed by atoms with Crippen molar-refractivity contribution in [2.75, 3.05) is 25.8 Å². The molecule has 146 valence electrons. The van der Waals surface area contributed by atoms with Crippen molar-refractivity contribution in [2.45, 2.75) is 43.4 Å². The van der Waals surface area contributed by atoms with Gasteiger partial charge in [-0.2, -0.15) is 5.26 Å². The molecule has 1 rings (SSSR count). The Morgan fingerprint density at radius 2 is 1.92 bits per heavy atom. The summed E-state index contributed by atoms with van der Waals surface area (Å²) >= 11 is 1.27. The summed E-state index contributed by atoms with van der Waals surface area (Å²) in [5.41, 5.74) is 0.423. The number of hydrogen-bond donors (Lipinski definition) is 0. The molecule has 0 saturated heterocycles. The van der Waals surface area contributed by atoms with Crippen molar-refractivity contribution in [3.63, 3.8) is 0 Å². The summed E-state index contributed by atoms with van der Waals surface area (Å²) < 4.78 is 50.7. The molecule has 9 heteroatoms. The molecule has 0 aromatic heterocycles. The van der Waals surface area contributed by atoms with E-state index in [-0.39, 0.29) is 13.2 Å². The number of thioether (sulfide) groups is 1. The summed E-state index contributed by atoms with van der Waals surface area (Å²) in [5, 5.41) is 9.23. The molecule has 0 heterocycles. The number of halogens is 3. The number of nitrogens with zero attached hydrogens (tertiary/aromatic N) is 1. The number of ether oxygens (including phenoxy) is 3. The van der Waals surface area contributed by atoms with Gasteiger partial charge in [0, 0.05) is 20.4 Å². The molecule has 0 N–H and O–H groups in total. The van der Waals surface area contributed by atoms with Crippen LogP contribution in [-0.4, -0.2) is 40.2 Å². The van der Waals surface area contributed by atoms with E-state index in [2.05, 4.69) is 30.4 Å². The van der Waals surface area contributed by atoms with E-state index < -0.39 is 21.0 Å². The van der Waals surface area contributed by atoms with Gasteiger partial charge in [-0.25, -0.2) is 0 Å². The molecule has 0 aliphatic carbocycles. The van der Waals surface area contributed by atoms with E-state index in [9.17, 15) is 18.4 Å². The zero-order chi connectivity index (χ0) is 19.6. The number of benzene rings is 1. The van der Waals surface area contributed by atoms with E-state index in [4.69, 9.17) is 9.47 Å². The molecule has 1 aromatic rings. The van der Waals surface area contributed by atoms with Gasteiger partial charge in [-0.1, -0.05) is 25.7 Å². The topological polar surface area (TPSA) is 51.5 Å². The van der Waals surface area contributed by atoms with Crippen molar-refractivity contribution in [1.29, 1.82) is 5.26 Å². The van der Waals surface area contributed by atoms with E-state index in [0.717, 1.165) is 6.04 Å². The van der Waals surface area contributed by atoms with Crippen LogP contribution in [0.3, 0.4) is 0 Å². The number of nitriles is 1. The molecule has 1 aromatic carbocycles. The lowest BCUT2D eigenvalue weighted by atomic mass is 10.2. The molecule has 0 fully saturated rings. The van der Waals surface area contributed by atoms with E-state index in [1.165, 1.54) is 11.8 Å². The van der Waals surface area contributed by atoms with Crippen molar-refractivity contribution in [1.82, 2.24) is 0 Å². The average molecular weight is 408 g/mol. The Bertz CT molecular complexity index is 600. The molecule has 0 aliphatic rings. The summed E-state index contributed by atoms with van der Waals surface area (Å²) in [6.45, 7) is 7.04. The fourth-order valence-electron chi connectivity index (χ4n) is 1.83. The van der Waals surface area contributed by atoms with Gasteiger partial charge in [-0.05, 0) is 24.6 Å². The minimum atomic E-state index is -4.61. The van der Waals surface area contributed by atoms with Crippen LogP contribution >= 0.6 is 11.8 Å². The van der Waals surface area contributed by atoms with Crippen LogP contribution in [0.15, 0.2) is 23.1 Å². The van der Waals surface area contributed by atoms with Crippen LogP contribution < -0.4 is 4.74 Å². The van der Waals surface area contributed by atoms with Crippen LogP contribution in [-0.2, 0) is 9.47 Å². The first-order valence-electron chi connectivity index (χ1n) is 8.19. The summed E-state index contributed by atoms with van der Waals surface area (Å²) in [6.07, 6.45) is -4.41. The number of hydrogen-bond acceptors (Lipinski definition) is 5. The molecule has 26 heavy (non-hydrogen) atoms. The van der Waals surface area contributed by atoms with Crippen molar-refractivity contribution < 1.29 is 27.4 Å². The van der Waals surface area contributed by atoms with Gasteiger partial charge in [0.15, 0.2) is 6.79 Å². The highest BCUT2D eigenvalue weighted by atomic mass is 32.2. The maximum atomic E-state index is 12.0. The highest BCUT2D eigenvalue weighted by Gasteiger charge is 2.28. The predicted molar refractivity (Wildman–Crippen MR) is 98.1 cm³/mol. The van der Waals surface area contributed by atoms with Crippen LogP contribution in [0.1, 0.15) is 12.0 Å². The number of rotatable bonds is 11. The van der Waals surface area contributed by atoms with E-state index in [1.807, 2.05) is 0 Å². The Hall–Kier alpha value is -1.21. The highest BCUT2D eigenvalue weighted by Crippen LogP contribution is 2.33. The Kier molecular flexibility index (Phi) is 9.50. The molecule has 0 unspecified atom stereocenters. The molecule has 0 aliphatic heterocycles. The lowest BCUT2D eigenvalue weighted by Gasteiger charge is -2.16. The molecule has 0 atom stereocenters. The maximum Gasteiger partial charge on any atom is 0.522 e. The average Bonchev–Trinajstić information content (AvgIpc) is 2.52. The zero-order valence-electron chi connectivity index (χ0n) is 15.2. The summed E-state index contributed by atoms with van der Waals surface area (Å²) in [7, 11) is -1.17. The van der Waals surface area contributed by atoms with Crippen LogP contribution in [0.25, 0.3) is 0 Å². The van der Waals surface area contributed by atoms with Gasteiger partial charge >= 0.3 is 6.36 Å². The highest BCUT2D eigenvalue weighted by molar-refractivity contribution is 7.99. The fraction of sp³-hybridized carbons (Fsp3) is 0.588. The third-order valence-corrected chi connectivity index (χ3v) is 6.10. The van der Waals surface area contributed by atoms with Gasteiger partial charge in [-0.3, -0.25) is 4.74 Å². The first-order chi connectivity index (χ1) is 12.1. The monoisotopic (exact) mass is 407 g/mol. The third-order valence-electron chi connectivity index (χ3n) is 3.19. The quantitative estimate of drug-likeness (QED) is 0.216. The second-order valence-corrected chi connectivity index (χ2v) is 13.4. The van der Waals surface area contributed by atoms with Crippen molar-refractivity contribution in [2.24, 2.45) is 0 Å². The Morgan fingerprint density at radius 1 is 1.19 bits per heavy atom. The van der Waals surface area contributed by atoms with E-state index >= 15 is 0 Å². The molecule has 0 amide bonds. The van der Waals surface area contributed by atoms with Crippen molar-refractivity contribution in [3.05, 3.63) is 23.8 Å². The van der Waals surface area contributed by atoms with Crippen molar-refractivity contribution >= 4 is 19.8 Å². The van der Waals surface area contributed by atoms with Gasteiger partial charge in [0.05, 0.1) is 17.1 Å². The van der Waals surface area contributed by atoms with Crippen molar-refractivity contribution in [3.8, 4) is 11.8 Å².